The summed E-state index contributed by atoms with van der Waals surface area (Å²) in [4.78, 5) is 35.7. The highest BCUT2D eigenvalue weighted by Crippen LogP contribution is 2.30. The van der Waals surface area contributed by atoms with Gasteiger partial charge in [-0.2, -0.15) is 0 Å². The number of pyridine rings is 1. The number of primary amides is 1. The molecule has 29 heavy (non-hydrogen) atoms. The Balaban J connectivity index is 1.51. The van der Waals surface area contributed by atoms with Crippen LogP contribution in [0.25, 0.3) is 22.6 Å². The van der Waals surface area contributed by atoms with Gasteiger partial charge in [0, 0.05) is 36.1 Å². The molecule has 1 aromatic carbocycles. The first kappa shape index (κ1) is 18.6. The van der Waals surface area contributed by atoms with Crippen molar-refractivity contribution in [1.29, 1.82) is 0 Å². The maximum atomic E-state index is 14.8. The lowest BCUT2D eigenvalue weighted by Gasteiger charge is -2.14. The third-order valence-corrected chi connectivity index (χ3v) is 4.67. The van der Waals surface area contributed by atoms with E-state index in [4.69, 9.17) is 10.5 Å². The van der Waals surface area contributed by atoms with Crippen molar-refractivity contribution in [3.05, 3.63) is 54.7 Å². The Morgan fingerprint density at radius 3 is 2.83 bits per heavy atom. The van der Waals surface area contributed by atoms with E-state index in [9.17, 15) is 14.0 Å². The maximum Gasteiger partial charge on any atom is 0.414 e. The van der Waals surface area contributed by atoms with Crippen LogP contribution in [-0.2, 0) is 9.53 Å². The molecule has 0 aliphatic carbocycles. The zero-order valence-corrected chi connectivity index (χ0v) is 15.3. The molecule has 2 aromatic heterocycles. The van der Waals surface area contributed by atoms with Gasteiger partial charge in [-0.1, -0.05) is 6.07 Å². The fourth-order valence-electron chi connectivity index (χ4n) is 3.19. The largest absolute Gasteiger partial charge is 0.444 e. The molecule has 2 amide bonds. The average Bonchev–Trinajstić information content (AvgIpc) is 3.36. The van der Waals surface area contributed by atoms with E-state index < -0.39 is 23.9 Å². The number of aromatic amines is 1. The molecule has 148 valence electrons. The fraction of sp³-hybridized carbons (Fsp3) is 0.200. The van der Waals surface area contributed by atoms with Crippen molar-refractivity contribution in [3.8, 4) is 22.6 Å². The number of nitrogens with one attached hydrogen (secondary N) is 1. The summed E-state index contributed by atoms with van der Waals surface area (Å²) < 4.78 is 20.0. The highest BCUT2D eigenvalue weighted by molar-refractivity contribution is 5.90. The van der Waals surface area contributed by atoms with Crippen LogP contribution in [0, 0.1) is 5.82 Å². The molecule has 1 aliphatic heterocycles. The minimum atomic E-state index is -0.573. The third kappa shape index (κ3) is 3.93. The Hall–Kier alpha value is -3.75. The van der Waals surface area contributed by atoms with Gasteiger partial charge < -0.3 is 15.5 Å². The van der Waals surface area contributed by atoms with Gasteiger partial charge in [0.25, 0.3) is 0 Å². The summed E-state index contributed by atoms with van der Waals surface area (Å²) in [6.45, 7) is 0.240. The monoisotopic (exact) mass is 395 g/mol. The SMILES string of the molecule is NC(=O)CCC1CN(c2ccc(-c3ccc(-c4ncc[nH]4)nc3)c(F)c2)C(=O)O1. The van der Waals surface area contributed by atoms with Gasteiger partial charge in [0.05, 0.1) is 12.2 Å². The topological polar surface area (TPSA) is 114 Å². The Morgan fingerprint density at radius 1 is 1.31 bits per heavy atom. The van der Waals surface area contributed by atoms with Gasteiger partial charge in [-0.15, -0.1) is 0 Å². The number of aromatic nitrogens is 3. The summed E-state index contributed by atoms with van der Waals surface area (Å²) in [6.07, 6.45) is 4.34. The number of nitrogens with two attached hydrogens (primary N) is 1. The van der Waals surface area contributed by atoms with Crippen LogP contribution < -0.4 is 10.6 Å². The second kappa shape index (κ2) is 7.70. The number of hydrogen-bond acceptors (Lipinski definition) is 5. The van der Waals surface area contributed by atoms with Crippen LogP contribution in [0.15, 0.2) is 48.9 Å². The summed E-state index contributed by atoms with van der Waals surface area (Å²) in [7, 11) is 0. The molecule has 4 rings (SSSR count). The van der Waals surface area contributed by atoms with E-state index in [1.54, 1.807) is 42.9 Å². The summed E-state index contributed by atoms with van der Waals surface area (Å²) in [6, 6.07) is 8.04. The molecule has 8 nitrogen and oxygen atoms in total. The number of H-pyrrole nitrogens is 1. The van der Waals surface area contributed by atoms with Crippen LogP contribution in [0.5, 0.6) is 0 Å². The number of cyclic esters (lactones) is 1. The van der Waals surface area contributed by atoms with E-state index in [0.29, 0.717) is 34.8 Å². The molecule has 0 radical (unpaired) electrons. The van der Waals surface area contributed by atoms with Crippen molar-refractivity contribution in [3.63, 3.8) is 0 Å². The molecule has 1 atom stereocenters. The minimum Gasteiger partial charge on any atom is -0.444 e. The molecule has 9 heteroatoms. The summed E-state index contributed by atoms with van der Waals surface area (Å²) >= 11 is 0. The van der Waals surface area contributed by atoms with E-state index in [1.165, 1.54) is 11.0 Å². The number of anilines is 1. The molecular formula is C20H18FN5O3. The van der Waals surface area contributed by atoms with Crippen molar-refractivity contribution in [1.82, 2.24) is 15.0 Å². The first-order chi connectivity index (χ1) is 14.0. The minimum absolute atomic E-state index is 0.125. The summed E-state index contributed by atoms with van der Waals surface area (Å²) in [5, 5.41) is 0. The number of amides is 2. The molecule has 3 aromatic rings. The second-order valence-corrected chi connectivity index (χ2v) is 6.66. The average molecular weight is 395 g/mol. The number of carbonyl (C=O) groups is 2. The lowest BCUT2D eigenvalue weighted by molar-refractivity contribution is -0.118. The highest BCUT2D eigenvalue weighted by Gasteiger charge is 2.32. The predicted octanol–water partition coefficient (Wildman–Crippen LogP) is 2.87. The van der Waals surface area contributed by atoms with Crippen LogP contribution in [0.1, 0.15) is 12.8 Å². The lowest BCUT2D eigenvalue weighted by Crippen LogP contribution is -2.25. The molecule has 0 saturated carbocycles. The van der Waals surface area contributed by atoms with Gasteiger partial charge in [0.15, 0.2) is 5.82 Å². The van der Waals surface area contributed by atoms with Gasteiger partial charge in [-0.3, -0.25) is 14.7 Å². The summed E-state index contributed by atoms with van der Waals surface area (Å²) in [5.74, 6) is -0.309. The highest BCUT2D eigenvalue weighted by atomic mass is 19.1. The number of rotatable bonds is 6. The van der Waals surface area contributed by atoms with Crippen molar-refractivity contribution in [2.45, 2.75) is 18.9 Å². The Labute approximate surface area is 165 Å². The molecule has 1 aliphatic rings. The molecule has 3 N–H and O–H groups in total. The van der Waals surface area contributed by atoms with E-state index >= 15 is 0 Å². The van der Waals surface area contributed by atoms with Gasteiger partial charge >= 0.3 is 6.09 Å². The maximum absolute atomic E-state index is 14.8. The number of halogens is 1. The molecule has 1 unspecified atom stereocenters. The van der Waals surface area contributed by atoms with Crippen molar-refractivity contribution < 1.29 is 18.7 Å². The van der Waals surface area contributed by atoms with Crippen LogP contribution in [0.4, 0.5) is 14.9 Å². The molecular weight excluding hydrogens is 377 g/mol. The Bertz CT molecular complexity index is 1040. The predicted molar refractivity (Wildman–Crippen MR) is 103 cm³/mol. The van der Waals surface area contributed by atoms with Crippen LogP contribution in [0.3, 0.4) is 0 Å². The zero-order valence-electron chi connectivity index (χ0n) is 15.3. The van der Waals surface area contributed by atoms with Gasteiger partial charge in [0.1, 0.15) is 17.6 Å². The van der Waals surface area contributed by atoms with Gasteiger partial charge in [0.2, 0.25) is 5.91 Å². The third-order valence-electron chi connectivity index (χ3n) is 4.67. The van der Waals surface area contributed by atoms with Crippen molar-refractivity contribution >= 4 is 17.7 Å². The van der Waals surface area contributed by atoms with E-state index in [0.717, 1.165) is 0 Å². The van der Waals surface area contributed by atoms with E-state index in [-0.39, 0.29) is 13.0 Å². The number of carbonyl (C=O) groups excluding carboxylic acids is 2. The van der Waals surface area contributed by atoms with Crippen LogP contribution in [-0.4, -0.2) is 39.6 Å². The van der Waals surface area contributed by atoms with E-state index in [1.807, 2.05) is 0 Å². The lowest BCUT2D eigenvalue weighted by atomic mass is 10.1. The fourth-order valence-corrected chi connectivity index (χ4v) is 3.19. The Kier molecular flexibility index (Phi) is 4.94. The summed E-state index contributed by atoms with van der Waals surface area (Å²) in [5.41, 5.74) is 7.13. The van der Waals surface area contributed by atoms with Crippen LogP contribution in [0.2, 0.25) is 0 Å². The number of imidazole rings is 1. The molecule has 3 heterocycles. The first-order valence-electron chi connectivity index (χ1n) is 9.03. The second-order valence-electron chi connectivity index (χ2n) is 6.66. The molecule has 1 fully saturated rings. The van der Waals surface area contributed by atoms with Crippen molar-refractivity contribution in [2.24, 2.45) is 5.73 Å². The number of benzene rings is 1. The van der Waals surface area contributed by atoms with Crippen molar-refractivity contribution in [2.75, 3.05) is 11.4 Å². The molecule has 0 bridgehead atoms. The zero-order chi connectivity index (χ0) is 20.4. The van der Waals surface area contributed by atoms with Gasteiger partial charge in [-0.05, 0) is 30.7 Å². The normalized spacial score (nSPS) is 16.1. The van der Waals surface area contributed by atoms with E-state index in [2.05, 4.69) is 15.0 Å². The molecule has 1 saturated heterocycles. The number of hydrogen-bond donors (Lipinski definition) is 2. The quantitative estimate of drug-likeness (QED) is 0.666. The smallest absolute Gasteiger partial charge is 0.414 e. The molecule has 0 spiro atoms. The Morgan fingerprint density at radius 2 is 2.17 bits per heavy atom. The van der Waals surface area contributed by atoms with Crippen LogP contribution >= 0.6 is 0 Å². The number of ether oxygens (including phenoxy) is 1. The number of nitrogens with zero attached hydrogens (tertiary/aromatic N) is 3. The first-order valence-corrected chi connectivity index (χ1v) is 9.03. The van der Waals surface area contributed by atoms with Gasteiger partial charge in [-0.25, -0.2) is 14.2 Å². The standard InChI is InChI=1S/C20H18FN5O3/c21-16-9-13(26-11-14(29-20(26)28)3-6-18(22)27)2-4-15(16)12-1-5-17(25-10-12)19-23-7-8-24-19/h1-2,4-5,7-10,14H,3,6,11H2,(H2,22,27)(H,23,24).